The Bertz CT molecular complexity index is 577. The van der Waals surface area contributed by atoms with Crippen molar-refractivity contribution in [3.05, 3.63) is 35.0 Å². The number of nitrogens with one attached hydrogen (secondary N) is 1. The van der Waals surface area contributed by atoms with Crippen molar-refractivity contribution in [1.29, 1.82) is 0 Å². The lowest BCUT2D eigenvalue weighted by Gasteiger charge is -2.22. The molecule has 5 nitrogen and oxygen atoms in total. The molecule has 0 aliphatic rings. The van der Waals surface area contributed by atoms with Crippen molar-refractivity contribution in [2.75, 3.05) is 24.8 Å². The fraction of sp³-hybridized carbons (Fsp3) is 0.357. The summed E-state index contributed by atoms with van der Waals surface area (Å²) in [6.07, 6.45) is 0. The van der Waals surface area contributed by atoms with Crippen LogP contribution in [0.3, 0.4) is 0 Å². The first-order valence-electron chi connectivity index (χ1n) is 6.18. The molecule has 0 atom stereocenters. The summed E-state index contributed by atoms with van der Waals surface area (Å²) in [6, 6.07) is 5.92. The van der Waals surface area contributed by atoms with E-state index >= 15 is 0 Å². The average Bonchev–Trinajstić information content (AvgIpc) is 2.78. The molecule has 0 saturated heterocycles. The largest absolute Gasteiger partial charge is 0.496 e. The van der Waals surface area contributed by atoms with Crippen LogP contribution in [-0.4, -0.2) is 24.4 Å². The third kappa shape index (κ3) is 2.65. The van der Waals surface area contributed by atoms with Gasteiger partial charge in [-0.3, -0.25) is 5.10 Å². The summed E-state index contributed by atoms with van der Waals surface area (Å²) >= 11 is 0. The molecule has 1 aromatic carbocycles. The van der Waals surface area contributed by atoms with E-state index in [0.717, 1.165) is 23.6 Å². The van der Waals surface area contributed by atoms with E-state index in [4.69, 9.17) is 10.5 Å². The van der Waals surface area contributed by atoms with Gasteiger partial charge in [-0.2, -0.15) is 5.10 Å². The van der Waals surface area contributed by atoms with Crippen molar-refractivity contribution in [3.8, 4) is 5.75 Å². The van der Waals surface area contributed by atoms with Crippen molar-refractivity contribution in [1.82, 2.24) is 10.2 Å². The SMILES string of the molecule is COc1ccc(N(C)Cc2cc(N)n[nH]2)c(C)c1C. The minimum atomic E-state index is 0.519. The van der Waals surface area contributed by atoms with Crippen LogP contribution in [0.2, 0.25) is 0 Å². The zero-order valence-corrected chi connectivity index (χ0v) is 11.8. The molecule has 0 bridgehead atoms. The third-order valence-corrected chi connectivity index (χ3v) is 3.40. The van der Waals surface area contributed by atoms with Gasteiger partial charge in [0.1, 0.15) is 11.6 Å². The number of nitrogens with zero attached hydrogens (tertiary/aromatic N) is 2. The number of aromatic amines is 1. The molecule has 102 valence electrons. The minimum absolute atomic E-state index is 0.519. The molecule has 1 aromatic heterocycles. The molecule has 1 heterocycles. The second kappa shape index (κ2) is 5.22. The molecule has 0 aliphatic carbocycles. The van der Waals surface area contributed by atoms with E-state index in [1.807, 2.05) is 19.2 Å². The van der Waals surface area contributed by atoms with Crippen LogP contribution in [0.1, 0.15) is 16.8 Å². The third-order valence-electron chi connectivity index (χ3n) is 3.40. The van der Waals surface area contributed by atoms with E-state index < -0.39 is 0 Å². The van der Waals surface area contributed by atoms with Gasteiger partial charge in [0.2, 0.25) is 0 Å². The zero-order valence-electron chi connectivity index (χ0n) is 11.8. The van der Waals surface area contributed by atoms with Gasteiger partial charge in [-0.05, 0) is 37.1 Å². The number of methoxy groups -OCH3 is 1. The van der Waals surface area contributed by atoms with E-state index in [9.17, 15) is 0 Å². The highest BCUT2D eigenvalue weighted by Gasteiger charge is 2.11. The summed E-state index contributed by atoms with van der Waals surface area (Å²) in [5.41, 5.74) is 10.2. The number of ether oxygens (including phenoxy) is 1. The predicted octanol–water partition coefficient (Wildman–Crippen LogP) is 2.25. The number of benzene rings is 1. The molecule has 0 radical (unpaired) electrons. The van der Waals surface area contributed by atoms with E-state index in [1.54, 1.807) is 7.11 Å². The molecular weight excluding hydrogens is 240 g/mol. The number of aromatic nitrogens is 2. The molecule has 0 fully saturated rings. The minimum Gasteiger partial charge on any atom is -0.496 e. The van der Waals surface area contributed by atoms with Gasteiger partial charge in [-0.1, -0.05) is 0 Å². The lowest BCUT2D eigenvalue weighted by Crippen LogP contribution is -2.18. The molecule has 0 amide bonds. The van der Waals surface area contributed by atoms with Crippen LogP contribution in [0.4, 0.5) is 11.5 Å². The lowest BCUT2D eigenvalue weighted by molar-refractivity contribution is 0.411. The Morgan fingerprint density at radius 1 is 1.32 bits per heavy atom. The van der Waals surface area contributed by atoms with Gasteiger partial charge in [-0.15, -0.1) is 0 Å². The van der Waals surface area contributed by atoms with Gasteiger partial charge >= 0.3 is 0 Å². The molecule has 2 aromatic rings. The maximum Gasteiger partial charge on any atom is 0.145 e. The Hall–Kier alpha value is -2.17. The van der Waals surface area contributed by atoms with Gasteiger partial charge in [0.25, 0.3) is 0 Å². The first-order valence-corrected chi connectivity index (χ1v) is 6.18. The molecule has 3 N–H and O–H groups in total. The molecule has 19 heavy (non-hydrogen) atoms. The van der Waals surface area contributed by atoms with Crippen LogP contribution in [-0.2, 0) is 6.54 Å². The number of H-pyrrole nitrogens is 1. The Balaban J connectivity index is 2.24. The van der Waals surface area contributed by atoms with Gasteiger partial charge < -0.3 is 15.4 Å². The number of anilines is 2. The Labute approximate surface area is 113 Å². The summed E-state index contributed by atoms with van der Waals surface area (Å²) in [5, 5.41) is 6.86. The van der Waals surface area contributed by atoms with Crippen LogP contribution < -0.4 is 15.4 Å². The van der Waals surface area contributed by atoms with E-state index in [-0.39, 0.29) is 0 Å². The molecule has 0 saturated carbocycles. The summed E-state index contributed by atoms with van der Waals surface area (Å²) in [6.45, 7) is 4.90. The number of hydrogen-bond acceptors (Lipinski definition) is 4. The van der Waals surface area contributed by atoms with Gasteiger partial charge in [0.05, 0.1) is 19.3 Å². The van der Waals surface area contributed by atoms with Crippen LogP contribution in [0.25, 0.3) is 0 Å². The van der Waals surface area contributed by atoms with E-state index in [2.05, 4.69) is 35.0 Å². The maximum atomic E-state index is 5.61. The number of hydrogen-bond donors (Lipinski definition) is 2. The molecule has 0 aliphatic heterocycles. The Morgan fingerprint density at radius 2 is 2.05 bits per heavy atom. The standard InChI is InChI=1S/C14H20N4O/c1-9-10(2)13(19-4)6-5-12(9)18(3)8-11-7-14(15)17-16-11/h5-7H,8H2,1-4H3,(H3,15,16,17). The van der Waals surface area contributed by atoms with Crippen molar-refractivity contribution in [3.63, 3.8) is 0 Å². The first kappa shape index (κ1) is 13.3. The highest BCUT2D eigenvalue weighted by atomic mass is 16.5. The fourth-order valence-electron chi connectivity index (χ4n) is 2.22. The van der Waals surface area contributed by atoms with Crippen molar-refractivity contribution < 1.29 is 4.74 Å². The summed E-state index contributed by atoms with van der Waals surface area (Å²) in [5.74, 6) is 1.44. The second-order valence-electron chi connectivity index (χ2n) is 4.71. The molecule has 5 heteroatoms. The smallest absolute Gasteiger partial charge is 0.145 e. The monoisotopic (exact) mass is 260 g/mol. The van der Waals surface area contributed by atoms with Crippen molar-refractivity contribution >= 4 is 11.5 Å². The fourth-order valence-corrected chi connectivity index (χ4v) is 2.22. The van der Waals surface area contributed by atoms with Gasteiger partial charge in [-0.25, -0.2) is 0 Å². The molecular formula is C14H20N4O. The summed E-state index contributed by atoms with van der Waals surface area (Å²) in [4.78, 5) is 2.16. The summed E-state index contributed by atoms with van der Waals surface area (Å²) < 4.78 is 5.33. The number of rotatable bonds is 4. The normalized spacial score (nSPS) is 10.5. The van der Waals surface area contributed by atoms with E-state index in [1.165, 1.54) is 11.3 Å². The second-order valence-corrected chi connectivity index (χ2v) is 4.71. The van der Waals surface area contributed by atoms with Gasteiger partial charge in [0, 0.05) is 18.8 Å². The number of nitrogens with two attached hydrogens (primary N) is 1. The average molecular weight is 260 g/mol. The molecule has 2 rings (SSSR count). The van der Waals surface area contributed by atoms with Crippen LogP contribution in [0.15, 0.2) is 18.2 Å². The van der Waals surface area contributed by atoms with Crippen LogP contribution in [0.5, 0.6) is 5.75 Å². The molecule has 0 unspecified atom stereocenters. The topological polar surface area (TPSA) is 67.2 Å². The van der Waals surface area contributed by atoms with E-state index in [0.29, 0.717) is 5.82 Å². The number of nitrogen functional groups attached to an aromatic ring is 1. The maximum absolute atomic E-state index is 5.61. The molecule has 0 spiro atoms. The highest BCUT2D eigenvalue weighted by molar-refractivity contribution is 5.59. The lowest BCUT2D eigenvalue weighted by atomic mass is 10.1. The summed E-state index contributed by atoms with van der Waals surface area (Å²) in [7, 11) is 3.74. The van der Waals surface area contributed by atoms with Crippen molar-refractivity contribution in [2.24, 2.45) is 0 Å². The van der Waals surface area contributed by atoms with Gasteiger partial charge in [0.15, 0.2) is 0 Å². The first-order chi connectivity index (χ1) is 9.02. The quantitative estimate of drug-likeness (QED) is 0.884. The Morgan fingerprint density at radius 3 is 2.63 bits per heavy atom. The van der Waals surface area contributed by atoms with Crippen LogP contribution in [0, 0.1) is 13.8 Å². The Kier molecular flexibility index (Phi) is 3.64. The van der Waals surface area contributed by atoms with Crippen LogP contribution >= 0.6 is 0 Å². The van der Waals surface area contributed by atoms with Crippen molar-refractivity contribution in [2.45, 2.75) is 20.4 Å². The highest BCUT2D eigenvalue weighted by Crippen LogP contribution is 2.29. The predicted molar refractivity (Wildman–Crippen MR) is 77.6 cm³/mol. The zero-order chi connectivity index (χ0) is 14.0.